The van der Waals surface area contributed by atoms with Crippen LogP contribution in [-0.4, -0.2) is 54.4 Å². The van der Waals surface area contributed by atoms with Gasteiger partial charge in [0.15, 0.2) is 17.2 Å². The van der Waals surface area contributed by atoms with Crippen LogP contribution in [0.3, 0.4) is 0 Å². The summed E-state index contributed by atoms with van der Waals surface area (Å²) in [7, 11) is 2.98. The molecule has 2 N–H and O–H groups in total. The zero-order valence-corrected chi connectivity index (χ0v) is 18.4. The van der Waals surface area contributed by atoms with E-state index in [2.05, 4.69) is 10.3 Å². The van der Waals surface area contributed by atoms with Crippen molar-refractivity contribution in [3.63, 3.8) is 0 Å². The van der Waals surface area contributed by atoms with Crippen molar-refractivity contribution in [1.29, 1.82) is 0 Å². The zero-order valence-electron chi connectivity index (χ0n) is 18.4. The van der Waals surface area contributed by atoms with E-state index >= 15 is 0 Å². The van der Waals surface area contributed by atoms with Crippen LogP contribution in [-0.2, 0) is 9.53 Å². The van der Waals surface area contributed by atoms with Crippen molar-refractivity contribution < 1.29 is 33.6 Å². The summed E-state index contributed by atoms with van der Waals surface area (Å²) in [5.41, 5.74) is -0.217. The summed E-state index contributed by atoms with van der Waals surface area (Å²) in [6.45, 7) is 1.79. The summed E-state index contributed by atoms with van der Waals surface area (Å²) >= 11 is 0. The van der Waals surface area contributed by atoms with Crippen LogP contribution in [0.5, 0.6) is 23.0 Å². The second kappa shape index (κ2) is 10.7. The predicted molar refractivity (Wildman–Crippen MR) is 115 cm³/mol. The zero-order chi connectivity index (χ0) is 23.1. The SMILES string of the molecule is COc1ccc(OC2CCC[C@H](NC(=O)c3nccc(OC)c3O)C(=O)OC(C)C2)cc1. The van der Waals surface area contributed by atoms with Crippen LogP contribution in [0, 0.1) is 0 Å². The molecule has 1 aromatic carbocycles. The van der Waals surface area contributed by atoms with Crippen molar-refractivity contribution in [1.82, 2.24) is 10.3 Å². The van der Waals surface area contributed by atoms with Gasteiger partial charge in [0.25, 0.3) is 5.91 Å². The number of carbonyl (C=O) groups excluding carboxylic acids is 2. The van der Waals surface area contributed by atoms with Gasteiger partial charge in [0, 0.05) is 18.7 Å². The molecule has 1 aliphatic rings. The molecule has 0 bridgehead atoms. The second-order valence-electron chi connectivity index (χ2n) is 7.57. The lowest BCUT2D eigenvalue weighted by Gasteiger charge is -2.21. The number of amides is 1. The Morgan fingerprint density at radius 2 is 1.84 bits per heavy atom. The maximum Gasteiger partial charge on any atom is 0.328 e. The van der Waals surface area contributed by atoms with Gasteiger partial charge in [0.2, 0.25) is 0 Å². The van der Waals surface area contributed by atoms with E-state index in [-0.39, 0.29) is 23.3 Å². The van der Waals surface area contributed by atoms with Gasteiger partial charge in [-0.2, -0.15) is 0 Å². The Balaban J connectivity index is 1.65. The molecule has 32 heavy (non-hydrogen) atoms. The fraction of sp³-hybridized carbons (Fsp3) is 0.435. The van der Waals surface area contributed by atoms with E-state index in [1.165, 1.54) is 19.4 Å². The van der Waals surface area contributed by atoms with Crippen molar-refractivity contribution in [3.8, 4) is 23.0 Å². The molecule has 1 saturated heterocycles. The van der Waals surface area contributed by atoms with Crippen LogP contribution in [0.2, 0.25) is 0 Å². The molecule has 0 saturated carbocycles. The molecule has 9 heteroatoms. The van der Waals surface area contributed by atoms with Crippen LogP contribution >= 0.6 is 0 Å². The third-order valence-corrected chi connectivity index (χ3v) is 5.21. The summed E-state index contributed by atoms with van der Waals surface area (Å²) in [5, 5.41) is 12.8. The Kier molecular flexibility index (Phi) is 7.75. The number of pyridine rings is 1. The molecule has 1 aliphatic heterocycles. The number of benzene rings is 1. The van der Waals surface area contributed by atoms with E-state index in [1.807, 2.05) is 24.3 Å². The molecule has 2 unspecified atom stereocenters. The molecule has 3 atom stereocenters. The molecule has 3 rings (SSSR count). The first-order valence-corrected chi connectivity index (χ1v) is 10.4. The van der Waals surface area contributed by atoms with Gasteiger partial charge in [-0.1, -0.05) is 0 Å². The first kappa shape index (κ1) is 23.2. The smallest absolute Gasteiger partial charge is 0.328 e. The van der Waals surface area contributed by atoms with Gasteiger partial charge >= 0.3 is 5.97 Å². The predicted octanol–water partition coefficient (Wildman–Crippen LogP) is 2.86. The van der Waals surface area contributed by atoms with Crippen molar-refractivity contribution >= 4 is 11.9 Å². The lowest BCUT2D eigenvalue weighted by atomic mass is 10.0. The molecule has 1 aromatic heterocycles. The van der Waals surface area contributed by atoms with Gasteiger partial charge in [-0.15, -0.1) is 0 Å². The Morgan fingerprint density at radius 3 is 2.53 bits per heavy atom. The first-order valence-electron chi connectivity index (χ1n) is 10.4. The number of aromatic hydroxyl groups is 1. The number of esters is 1. The van der Waals surface area contributed by atoms with E-state index < -0.39 is 24.0 Å². The average molecular weight is 444 g/mol. The van der Waals surface area contributed by atoms with E-state index in [0.29, 0.717) is 31.4 Å². The standard InChI is InChI=1S/C23H28N2O7/c1-14-13-17(32-16-9-7-15(29-2)8-10-16)5-4-6-18(23(28)31-14)25-22(27)20-21(26)19(30-3)11-12-24-20/h7-12,14,17-18,26H,4-6,13H2,1-3H3,(H,25,27)/t14?,17?,18-/m0/s1. The van der Waals surface area contributed by atoms with Gasteiger partial charge in [-0.05, 0) is 50.5 Å². The molecule has 172 valence electrons. The Bertz CT molecular complexity index is 932. The molecular weight excluding hydrogens is 416 g/mol. The highest BCUT2D eigenvalue weighted by Crippen LogP contribution is 2.28. The van der Waals surface area contributed by atoms with E-state index in [9.17, 15) is 14.7 Å². The van der Waals surface area contributed by atoms with Crippen molar-refractivity contribution in [2.24, 2.45) is 0 Å². The number of carbonyl (C=O) groups is 2. The van der Waals surface area contributed by atoms with E-state index in [0.717, 1.165) is 5.75 Å². The lowest BCUT2D eigenvalue weighted by molar-refractivity contribution is -0.151. The minimum absolute atomic E-state index is 0.120. The number of aromatic nitrogens is 1. The molecule has 2 aromatic rings. The number of methoxy groups -OCH3 is 2. The highest BCUT2D eigenvalue weighted by atomic mass is 16.5. The van der Waals surface area contributed by atoms with Crippen LogP contribution in [0.4, 0.5) is 0 Å². The lowest BCUT2D eigenvalue weighted by Crippen LogP contribution is -2.42. The second-order valence-corrected chi connectivity index (χ2v) is 7.57. The Hall–Kier alpha value is -3.49. The van der Waals surface area contributed by atoms with Gasteiger partial charge < -0.3 is 29.4 Å². The Morgan fingerprint density at radius 1 is 1.12 bits per heavy atom. The number of nitrogens with one attached hydrogen (secondary N) is 1. The van der Waals surface area contributed by atoms with E-state index in [1.54, 1.807) is 14.0 Å². The molecule has 2 heterocycles. The molecular formula is C23H28N2O7. The van der Waals surface area contributed by atoms with Crippen molar-refractivity contribution in [2.45, 2.75) is 50.9 Å². The maximum atomic E-state index is 12.6. The summed E-state index contributed by atoms with van der Waals surface area (Å²) in [6, 6.07) is 7.88. The first-order chi connectivity index (χ1) is 15.4. The normalized spacial score (nSPS) is 21.3. The Labute approximate surface area is 186 Å². The topological polar surface area (TPSA) is 116 Å². The summed E-state index contributed by atoms with van der Waals surface area (Å²) in [6.07, 6.45) is 3.00. The van der Waals surface area contributed by atoms with Gasteiger partial charge in [0.1, 0.15) is 29.7 Å². The van der Waals surface area contributed by atoms with Crippen LogP contribution in [0.1, 0.15) is 43.1 Å². The fourth-order valence-electron chi connectivity index (χ4n) is 3.56. The number of hydrogen-bond donors (Lipinski definition) is 2. The molecule has 0 radical (unpaired) electrons. The monoisotopic (exact) mass is 444 g/mol. The minimum atomic E-state index is -0.864. The highest BCUT2D eigenvalue weighted by molar-refractivity contribution is 5.97. The van der Waals surface area contributed by atoms with Crippen LogP contribution in [0.15, 0.2) is 36.5 Å². The van der Waals surface area contributed by atoms with Gasteiger partial charge in [-0.25, -0.2) is 9.78 Å². The average Bonchev–Trinajstić information content (AvgIpc) is 2.84. The summed E-state index contributed by atoms with van der Waals surface area (Å²) in [5.74, 6) is -0.0264. The number of hydrogen-bond acceptors (Lipinski definition) is 8. The molecule has 9 nitrogen and oxygen atoms in total. The fourth-order valence-corrected chi connectivity index (χ4v) is 3.56. The molecule has 0 spiro atoms. The number of ether oxygens (including phenoxy) is 4. The third-order valence-electron chi connectivity index (χ3n) is 5.21. The largest absolute Gasteiger partial charge is 0.503 e. The minimum Gasteiger partial charge on any atom is -0.503 e. The highest BCUT2D eigenvalue weighted by Gasteiger charge is 2.30. The van der Waals surface area contributed by atoms with Crippen LogP contribution in [0.25, 0.3) is 0 Å². The third kappa shape index (κ3) is 5.81. The number of rotatable bonds is 6. The molecule has 1 amide bonds. The van der Waals surface area contributed by atoms with Crippen LogP contribution < -0.4 is 19.5 Å². The van der Waals surface area contributed by atoms with Crippen molar-refractivity contribution in [2.75, 3.05) is 14.2 Å². The summed E-state index contributed by atoms with van der Waals surface area (Å²) < 4.78 is 21.8. The number of cyclic esters (lactones) is 1. The van der Waals surface area contributed by atoms with Crippen molar-refractivity contribution in [3.05, 3.63) is 42.2 Å². The van der Waals surface area contributed by atoms with Gasteiger partial charge in [0.05, 0.1) is 14.2 Å². The van der Waals surface area contributed by atoms with Gasteiger partial charge in [-0.3, -0.25) is 4.79 Å². The maximum absolute atomic E-state index is 12.6. The molecule has 0 aliphatic carbocycles. The quantitative estimate of drug-likeness (QED) is 0.654. The number of nitrogens with zero attached hydrogens (tertiary/aromatic N) is 1. The molecule has 1 fully saturated rings. The van der Waals surface area contributed by atoms with E-state index in [4.69, 9.17) is 18.9 Å². The summed E-state index contributed by atoms with van der Waals surface area (Å²) in [4.78, 5) is 29.2.